The first-order chi connectivity index (χ1) is 7.18. The van der Waals surface area contributed by atoms with E-state index in [0.29, 0.717) is 11.9 Å². The van der Waals surface area contributed by atoms with Gasteiger partial charge in [-0.15, -0.1) is 0 Å². The van der Waals surface area contributed by atoms with Crippen LogP contribution >= 0.6 is 0 Å². The van der Waals surface area contributed by atoms with E-state index in [1.54, 1.807) is 19.2 Å². The van der Waals surface area contributed by atoms with Gasteiger partial charge in [0.1, 0.15) is 0 Å². The van der Waals surface area contributed by atoms with Crippen LogP contribution in [0, 0.1) is 0 Å². The Balaban J connectivity index is 2.60. The third-order valence-corrected chi connectivity index (χ3v) is 2.35. The van der Waals surface area contributed by atoms with Gasteiger partial charge in [-0.1, -0.05) is 18.2 Å². The maximum absolute atomic E-state index is 11.9. The molecule has 0 amide bonds. The fourth-order valence-corrected chi connectivity index (χ4v) is 1.66. The molecule has 1 aromatic carbocycles. The van der Waals surface area contributed by atoms with Crippen LogP contribution in [0.25, 0.3) is 10.8 Å². The van der Waals surface area contributed by atoms with E-state index in [4.69, 9.17) is 0 Å². The Hall–Kier alpha value is -1.61. The van der Waals surface area contributed by atoms with Crippen molar-refractivity contribution in [2.45, 2.75) is 19.6 Å². The normalized spacial score (nSPS) is 12.9. The first kappa shape index (κ1) is 9.93. The van der Waals surface area contributed by atoms with Crippen molar-refractivity contribution in [3.8, 4) is 0 Å². The molecule has 1 atom stereocenters. The molecule has 1 N–H and O–H groups in total. The summed E-state index contributed by atoms with van der Waals surface area (Å²) in [5, 5.41) is 10.9. The molecule has 0 radical (unpaired) electrons. The van der Waals surface area contributed by atoms with Crippen LogP contribution < -0.4 is 5.56 Å². The smallest absolute Gasteiger partial charge is 0.258 e. The van der Waals surface area contributed by atoms with Crippen molar-refractivity contribution in [3.05, 3.63) is 46.9 Å². The van der Waals surface area contributed by atoms with E-state index in [1.807, 2.05) is 24.3 Å². The summed E-state index contributed by atoms with van der Waals surface area (Å²) in [5.74, 6) is 0. The van der Waals surface area contributed by atoms with Crippen LogP contribution in [0.2, 0.25) is 0 Å². The summed E-state index contributed by atoms with van der Waals surface area (Å²) in [5.41, 5.74) is -0.0472. The van der Waals surface area contributed by atoms with Gasteiger partial charge < -0.3 is 9.67 Å². The number of nitrogens with zero attached hydrogens (tertiary/aromatic N) is 1. The molecule has 3 nitrogen and oxygen atoms in total. The number of hydrogen-bond donors (Lipinski definition) is 1. The lowest BCUT2D eigenvalue weighted by molar-refractivity contribution is 0.172. The molecule has 15 heavy (non-hydrogen) atoms. The Bertz CT molecular complexity index is 528. The fourth-order valence-electron chi connectivity index (χ4n) is 1.66. The zero-order valence-corrected chi connectivity index (χ0v) is 8.55. The average molecular weight is 203 g/mol. The molecule has 0 aliphatic carbocycles. The summed E-state index contributed by atoms with van der Waals surface area (Å²) >= 11 is 0. The van der Waals surface area contributed by atoms with Gasteiger partial charge in [0.25, 0.3) is 5.56 Å². The fraction of sp³-hybridized carbons (Fsp3) is 0.250. The second-order valence-electron chi connectivity index (χ2n) is 3.71. The molecule has 0 spiro atoms. The van der Waals surface area contributed by atoms with Gasteiger partial charge in [0, 0.05) is 11.6 Å². The summed E-state index contributed by atoms with van der Waals surface area (Å²) in [6, 6.07) is 9.34. The average Bonchev–Trinajstić information content (AvgIpc) is 2.22. The highest BCUT2D eigenvalue weighted by molar-refractivity contribution is 5.81. The van der Waals surface area contributed by atoms with Crippen LogP contribution in [0.4, 0.5) is 0 Å². The lowest BCUT2D eigenvalue weighted by Gasteiger charge is -2.08. The molecule has 78 valence electrons. The number of benzene rings is 1. The number of hydrogen-bond acceptors (Lipinski definition) is 2. The predicted molar refractivity (Wildman–Crippen MR) is 59.9 cm³/mol. The van der Waals surface area contributed by atoms with Gasteiger partial charge in [0.2, 0.25) is 0 Å². The maximum atomic E-state index is 11.9. The van der Waals surface area contributed by atoms with Crippen LogP contribution in [-0.4, -0.2) is 15.8 Å². The Morgan fingerprint density at radius 1 is 1.33 bits per heavy atom. The van der Waals surface area contributed by atoms with Crippen molar-refractivity contribution in [1.29, 1.82) is 0 Å². The van der Waals surface area contributed by atoms with E-state index in [1.165, 1.54) is 4.57 Å². The zero-order valence-electron chi connectivity index (χ0n) is 8.55. The van der Waals surface area contributed by atoms with Gasteiger partial charge in [0.15, 0.2) is 0 Å². The quantitative estimate of drug-likeness (QED) is 0.801. The summed E-state index contributed by atoms with van der Waals surface area (Å²) in [4.78, 5) is 11.9. The lowest BCUT2D eigenvalue weighted by atomic mass is 10.2. The van der Waals surface area contributed by atoms with Gasteiger partial charge >= 0.3 is 0 Å². The van der Waals surface area contributed by atoms with Crippen LogP contribution in [0.3, 0.4) is 0 Å². The number of pyridine rings is 1. The molecule has 0 fully saturated rings. The predicted octanol–water partition coefficient (Wildman–Crippen LogP) is 1.38. The third kappa shape index (κ3) is 1.92. The highest BCUT2D eigenvalue weighted by atomic mass is 16.3. The van der Waals surface area contributed by atoms with Gasteiger partial charge in [-0.3, -0.25) is 4.79 Å². The molecule has 2 aromatic rings. The molecule has 0 saturated carbocycles. The van der Waals surface area contributed by atoms with Crippen LogP contribution in [0.15, 0.2) is 41.3 Å². The van der Waals surface area contributed by atoms with E-state index in [0.717, 1.165) is 5.39 Å². The largest absolute Gasteiger partial charge is 0.392 e. The van der Waals surface area contributed by atoms with E-state index in [-0.39, 0.29) is 5.56 Å². The second-order valence-corrected chi connectivity index (χ2v) is 3.71. The highest BCUT2D eigenvalue weighted by Crippen LogP contribution is 2.08. The minimum atomic E-state index is -0.510. The van der Waals surface area contributed by atoms with Gasteiger partial charge in [-0.25, -0.2) is 0 Å². The first-order valence-electron chi connectivity index (χ1n) is 4.95. The summed E-state index contributed by atoms with van der Waals surface area (Å²) in [7, 11) is 0. The van der Waals surface area contributed by atoms with Crippen molar-refractivity contribution >= 4 is 10.8 Å². The number of aliphatic hydroxyl groups is 1. The molecule has 0 saturated heterocycles. The molecule has 2 rings (SSSR count). The van der Waals surface area contributed by atoms with Crippen molar-refractivity contribution < 1.29 is 5.11 Å². The van der Waals surface area contributed by atoms with Crippen LogP contribution in [0.1, 0.15) is 6.92 Å². The van der Waals surface area contributed by atoms with Gasteiger partial charge in [-0.2, -0.15) is 0 Å². The molecule has 0 bridgehead atoms. The minimum Gasteiger partial charge on any atom is -0.392 e. The Labute approximate surface area is 87.6 Å². The van der Waals surface area contributed by atoms with Crippen molar-refractivity contribution in [1.82, 2.24) is 4.57 Å². The third-order valence-electron chi connectivity index (χ3n) is 2.35. The topological polar surface area (TPSA) is 42.2 Å². The summed E-state index contributed by atoms with van der Waals surface area (Å²) in [6.07, 6.45) is 1.21. The number of rotatable bonds is 2. The maximum Gasteiger partial charge on any atom is 0.258 e. The molecular weight excluding hydrogens is 190 g/mol. The molecule has 1 unspecified atom stereocenters. The van der Waals surface area contributed by atoms with Gasteiger partial charge in [0.05, 0.1) is 12.6 Å². The van der Waals surface area contributed by atoms with Crippen LogP contribution in [0.5, 0.6) is 0 Å². The van der Waals surface area contributed by atoms with Crippen LogP contribution in [-0.2, 0) is 6.54 Å². The monoisotopic (exact) mass is 203 g/mol. The standard InChI is InChI=1S/C12H13NO2/c1-9(14)8-13-7-6-10-4-2-3-5-11(10)12(13)15/h2-7,9,14H,8H2,1H3. The Kier molecular flexibility index (Phi) is 2.56. The SMILES string of the molecule is CC(O)Cn1ccc2ccccc2c1=O. The van der Waals surface area contributed by atoms with E-state index < -0.39 is 6.10 Å². The highest BCUT2D eigenvalue weighted by Gasteiger charge is 2.03. The van der Waals surface area contributed by atoms with Crippen molar-refractivity contribution in [3.63, 3.8) is 0 Å². The van der Waals surface area contributed by atoms with Crippen molar-refractivity contribution in [2.75, 3.05) is 0 Å². The van der Waals surface area contributed by atoms with E-state index >= 15 is 0 Å². The summed E-state index contributed by atoms with van der Waals surface area (Å²) < 4.78 is 1.53. The Morgan fingerprint density at radius 3 is 2.80 bits per heavy atom. The molecular formula is C12H13NO2. The molecule has 1 aromatic heterocycles. The zero-order chi connectivity index (χ0) is 10.8. The first-order valence-corrected chi connectivity index (χ1v) is 4.95. The molecule has 0 aliphatic rings. The minimum absolute atomic E-state index is 0.0472. The number of aliphatic hydroxyl groups excluding tert-OH is 1. The van der Waals surface area contributed by atoms with Gasteiger partial charge in [-0.05, 0) is 24.4 Å². The molecule has 3 heteroatoms. The second kappa shape index (κ2) is 3.87. The van der Waals surface area contributed by atoms with E-state index in [2.05, 4.69) is 0 Å². The molecule has 1 heterocycles. The lowest BCUT2D eigenvalue weighted by Crippen LogP contribution is -2.24. The number of fused-ring (bicyclic) bond motifs is 1. The Morgan fingerprint density at radius 2 is 2.07 bits per heavy atom. The van der Waals surface area contributed by atoms with E-state index in [9.17, 15) is 9.90 Å². The summed E-state index contributed by atoms with van der Waals surface area (Å²) in [6.45, 7) is 2.01. The molecule has 0 aliphatic heterocycles. The number of aromatic nitrogens is 1. The van der Waals surface area contributed by atoms with Crippen molar-refractivity contribution in [2.24, 2.45) is 0 Å².